The number of unbranched alkanes of at least 4 members (excludes halogenated alkanes) is 29. The van der Waals surface area contributed by atoms with Crippen molar-refractivity contribution < 1.29 is 25.6 Å². The molecule has 0 amide bonds. The minimum atomic E-state index is -4.10. The summed E-state index contributed by atoms with van der Waals surface area (Å²) in [6.45, 7) is 4.83. The van der Waals surface area contributed by atoms with E-state index in [2.05, 4.69) is 13.8 Å². The van der Waals surface area contributed by atoms with Crippen molar-refractivity contribution in [1.29, 1.82) is 0 Å². The number of hydrogen-bond acceptors (Lipinski definition) is 5. The second kappa shape index (κ2) is 38.5. The van der Waals surface area contributed by atoms with Gasteiger partial charge in [0.25, 0.3) is 20.2 Å². The molecule has 9 heteroatoms. The zero-order chi connectivity index (χ0) is 40.1. The Labute approximate surface area is 368 Å². The molecule has 0 heterocycles. The van der Waals surface area contributed by atoms with Crippen LogP contribution in [0.15, 0.2) is 64.4 Å². The van der Waals surface area contributed by atoms with Crippen LogP contribution in [0.2, 0.25) is 0 Å². The van der Waals surface area contributed by atoms with Crippen LogP contribution in [0.4, 0.5) is 0 Å². The van der Waals surface area contributed by atoms with Crippen LogP contribution < -0.4 is 0 Å². The molecular weight excluding hydrogens is 748 g/mol. The summed E-state index contributed by atoms with van der Waals surface area (Å²) < 4.78 is 61.1. The van der Waals surface area contributed by atoms with Crippen molar-refractivity contribution in [3.63, 3.8) is 0 Å². The van der Waals surface area contributed by atoms with Gasteiger partial charge in [-0.05, 0) is 43.0 Å². The number of aryl methyl sites for hydroxylation is 1. The summed E-state index contributed by atoms with van der Waals surface area (Å²) in [4.78, 5) is 0.307. The van der Waals surface area contributed by atoms with Crippen LogP contribution in [0.1, 0.15) is 218 Å². The zero-order valence-electron chi connectivity index (χ0n) is 36.3. The molecule has 0 fully saturated rings. The molecule has 1 N–H and O–H groups in total. The molecule has 0 aliphatic carbocycles. The van der Waals surface area contributed by atoms with Gasteiger partial charge in [-0.15, -0.1) is 0 Å². The Balaban J connectivity index is 0.00000106. The topological polar surface area (TPSA) is 97.7 Å². The first kappa shape index (κ1) is 55.3. The smallest absolute Gasteiger partial charge is 0.282 e. The van der Waals surface area contributed by atoms with Gasteiger partial charge in [0, 0.05) is 29.6 Å². The number of benzene rings is 2. The SMILES string of the molecule is CCCCCCCCCCCCCCCCCCOS(=O)(=O)c1ccccc1.CCCCCCCCCCCCCCCCCc1ccccc1S(=O)(=O)O.[Na]. The molecule has 6 nitrogen and oxygen atoms in total. The largest absolute Gasteiger partial charge is 0.296 e. The van der Waals surface area contributed by atoms with Gasteiger partial charge in [0.05, 0.1) is 16.4 Å². The molecule has 0 saturated heterocycles. The molecule has 1 radical (unpaired) electrons. The third-order valence-electron chi connectivity index (χ3n) is 10.6. The quantitative estimate of drug-likeness (QED) is 0.0318. The van der Waals surface area contributed by atoms with Crippen LogP contribution in [0.5, 0.6) is 0 Å². The summed E-state index contributed by atoms with van der Waals surface area (Å²) in [6, 6.07) is 15.1. The molecule has 2 rings (SSSR count). The van der Waals surface area contributed by atoms with Crippen molar-refractivity contribution in [2.75, 3.05) is 6.61 Å². The van der Waals surface area contributed by atoms with Crippen molar-refractivity contribution in [2.45, 2.75) is 229 Å². The molecule has 319 valence electrons. The minimum absolute atomic E-state index is 0. The van der Waals surface area contributed by atoms with Gasteiger partial charge in [-0.3, -0.25) is 8.74 Å². The first-order valence-electron chi connectivity index (χ1n) is 22.7. The molecule has 0 spiro atoms. The molecule has 0 unspecified atom stereocenters. The average Bonchev–Trinajstić information content (AvgIpc) is 3.18. The van der Waals surface area contributed by atoms with E-state index in [1.807, 2.05) is 6.07 Å². The van der Waals surface area contributed by atoms with Crippen molar-refractivity contribution >= 4 is 49.8 Å². The van der Waals surface area contributed by atoms with Gasteiger partial charge in [-0.25, -0.2) is 0 Å². The van der Waals surface area contributed by atoms with Crippen molar-refractivity contribution in [2.24, 2.45) is 0 Å². The van der Waals surface area contributed by atoms with E-state index < -0.39 is 20.2 Å². The Morgan fingerprint density at radius 3 is 1.12 bits per heavy atom. The Morgan fingerprint density at radius 1 is 0.429 bits per heavy atom. The maximum absolute atomic E-state index is 12.0. The summed E-state index contributed by atoms with van der Waals surface area (Å²) in [7, 11) is -7.69. The molecule has 0 aliphatic heterocycles. The first-order chi connectivity index (χ1) is 26.7. The Kier molecular flexibility index (Phi) is 38.0. The molecule has 0 aliphatic rings. The van der Waals surface area contributed by atoms with E-state index in [4.69, 9.17) is 4.18 Å². The fraction of sp³-hybridized carbons (Fsp3) is 0.745. The second-order valence-electron chi connectivity index (χ2n) is 15.7. The van der Waals surface area contributed by atoms with E-state index in [1.165, 1.54) is 179 Å². The van der Waals surface area contributed by atoms with Crippen LogP contribution in [0, 0.1) is 0 Å². The van der Waals surface area contributed by atoms with Gasteiger partial charge in [-0.2, -0.15) is 16.8 Å². The summed E-state index contributed by atoms with van der Waals surface area (Å²) in [6.07, 6.45) is 41.5. The summed E-state index contributed by atoms with van der Waals surface area (Å²) in [5, 5.41) is 0. The Hall–Kier alpha value is -0.740. The fourth-order valence-corrected chi connectivity index (χ4v) is 8.84. The van der Waals surface area contributed by atoms with E-state index in [0.717, 1.165) is 31.2 Å². The van der Waals surface area contributed by atoms with Gasteiger partial charge in [-0.1, -0.05) is 236 Å². The van der Waals surface area contributed by atoms with Crippen LogP contribution in [-0.4, -0.2) is 57.6 Å². The van der Waals surface area contributed by atoms with Crippen LogP contribution in [-0.2, 0) is 30.8 Å². The third kappa shape index (κ3) is 32.2. The van der Waals surface area contributed by atoms with E-state index in [0.29, 0.717) is 6.42 Å². The van der Waals surface area contributed by atoms with Crippen molar-refractivity contribution in [3.8, 4) is 0 Å². The first-order valence-corrected chi connectivity index (χ1v) is 25.6. The fourth-order valence-electron chi connectivity index (χ4n) is 7.12. The zero-order valence-corrected chi connectivity index (χ0v) is 40.0. The molecule has 56 heavy (non-hydrogen) atoms. The monoisotopic (exact) mass is 830 g/mol. The molecule has 0 saturated carbocycles. The Bertz CT molecular complexity index is 1350. The standard InChI is InChI=1S/C24H42O3S.C23H40O3S.Na/c1-2-3-4-5-6-7-8-9-10-11-12-13-14-15-16-20-23-27-28(25,26)24-21-18-17-19-22-24;1-2-3-4-5-6-7-8-9-10-11-12-13-14-15-16-19-22-20-17-18-21-23(22)27(24,25)26;/h17-19,21-22H,2-16,20,23H2,1H3;17-18,20-21H,2-16,19H2,1H3,(H,24,25,26);. The summed E-state index contributed by atoms with van der Waals surface area (Å²) in [5.41, 5.74) is 0.731. The molecule has 0 atom stereocenters. The maximum Gasteiger partial charge on any atom is 0.296 e. The molecule has 2 aromatic carbocycles. The third-order valence-corrected chi connectivity index (χ3v) is 12.8. The molecule has 0 bridgehead atoms. The molecule has 2 aromatic rings. The minimum Gasteiger partial charge on any atom is -0.282 e. The molecule has 0 aromatic heterocycles. The maximum atomic E-state index is 12.0. The van der Waals surface area contributed by atoms with Crippen LogP contribution in [0.3, 0.4) is 0 Å². The second-order valence-corrected chi connectivity index (χ2v) is 18.7. The normalized spacial score (nSPS) is 11.6. The summed E-state index contributed by atoms with van der Waals surface area (Å²) >= 11 is 0. The van der Waals surface area contributed by atoms with Gasteiger partial charge in [0.15, 0.2) is 0 Å². The van der Waals surface area contributed by atoms with E-state index in [9.17, 15) is 21.4 Å². The van der Waals surface area contributed by atoms with E-state index in [-0.39, 0.29) is 46.0 Å². The van der Waals surface area contributed by atoms with Crippen molar-refractivity contribution in [3.05, 3.63) is 60.2 Å². The Morgan fingerprint density at radius 2 is 0.750 bits per heavy atom. The van der Waals surface area contributed by atoms with Crippen LogP contribution in [0.25, 0.3) is 0 Å². The number of rotatable bonds is 36. The summed E-state index contributed by atoms with van der Waals surface area (Å²) in [5.74, 6) is 0. The number of hydrogen-bond donors (Lipinski definition) is 1. The predicted octanol–water partition coefficient (Wildman–Crippen LogP) is 14.6. The van der Waals surface area contributed by atoms with Gasteiger partial charge < -0.3 is 0 Å². The van der Waals surface area contributed by atoms with Crippen molar-refractivity contribution in [1.82, 2.24) is 0 Å². The van der Waals surface area contributed by atoms with E-state index >= 15 is 0 Å². The average molecular weight is 830 g/mol. The van der Waals surface area contributed by atoms with Gasteiger partial charge in [0.1, 0.15) is 0 Å². The van der Waals surface area contributed by atoms with Gasteiger partial charge in [0.2, 0.25) is 0 Å². The molecular formula is C47H82NaO6S2. The van der Waals surface area contributed by atoms with E-state index in [1.54, 1.807) is 42.5 Å². The van der Waals surface area contributed by atoms with Crippen LogP contribution >= 0.6 is 0 Å². The predicted molar refractivity (Wildman–Crippen MR) is 240 cm³/mol. The van der Waals surface area contributed by atoms with Gasteiger partial charge >= 0.3 is 0 Å².